The van der Waals surface area contributed by atoms with Gasteiger partial charge in [0, 0.05) is 24.6 Å². The standard InChI is InChI=1S/C11H11FN2O2/c12-7-2-1-3-8-11(7)9(15)4-6(14-8)5-10(13)16/h1-3,6,14H,4-5H2,(H2,13,16). The Hall–Kier alpha value is -1.91. The highest BCUT2D eigenvalue weighted by atomic mass is 19.1. The van der Waals surface area contributed by atoms with Crippen LogP contribution in [0.3, 0.4) is 0 Å². The fourth-order valence-corrected chi connectivity index (χ4v) is 1.89. The predicted molar refractivity (Wildman–Crippen MR) is 56.6 cm³/mol. The number of halogens is 1. The number of hydrogen-bond acceptors (Lipinski definition) is 3. The van der Waals surface area contributed by atoms with Gasteiger partial charge >= 0.3 is 0 Å². The minimum atomic E-state index is -0.535. The summed E-state index contributed by atoms with van der Waals surface area (Å²) in [4.78, 5) is 22.4. The van der Waals surface area contributed by atoms with Gasteiger partial charge in [-0.25, -0.2) is 4.39 Å². The molecular formula is C11H11FN2O2. The Balaban J connectivity index is 2.30. The van der Waals surface area contributed by atoms with Crippen LogP contribution < -0.4 is 11.1 Å². The fourth-order valence-electron chi connectivity index (χ4n) is 1.89. The largest absolute Gasteiger partial charge is 0.381 e. The van der Waals surface area contributed by atoms with E-state index in [1.807, 2.05) is 0 Å². The SMILES string of the molecule is NC(=O)CC1CC(=O)c2c(F)cccc2N1. The number of benzene rings is 1. The summed E-state index contributed by atoms with van der Waals surface area (Å²) in [5.41, 5.74) is 5.56. The van der Waals surface area contributed by atoms with Gasteiger partial charge in [-0.15, -0.1) is 0 Å². The lowest BCUT2D eigenvalue weighted by Gasteiger charge is -2.25. The predicted octanol–water partition coefficient (Wildman–Crippen LogP) is 1.07. The van der Waals surface area contributed by atoms with Crippen LogP contribution >= 0.6 is 0 Å². The van der Waals surface area contributed by atoms with E-state index in [1.54, 1.807) is 6.07 Å². The second kappa shape index (κ2) is 3.92. The van der Waals surface area contributed by atoms with Gasteiger partial charge in [0.15, 0.2) is 5.78 Å². The third-order valence-corrected chi connectivity index (χ3v) is 2.53. The highest BCUT2D eigenvalue weighted by Crippen LogP contribution is 2.27. The van der Waals surface area contributed by atoms with Crippen LogP contribution in [-0.2, 0) is 4.79 Å². The van der Waals surface area contributed by atoms with Crippen LogP contribution in [0.5, 0.6) is 0 Å². The van der Waals surface area contributed by atoms with Gasteiger partial charge in [0.25, 0.3) is 0 Å². The Morgan fingerprint density at radius 1 is 1.56 bits per heavy atom. The maximum atomic E-state index is 13.4. The molecule has 0 radical (unpaired) electrons. The molecule has 4 nitrogen and oxygen atoms in total. The van der Waals surface area contributed by atoms with Crippen LogP contribution in [0, 0.1) is 5.82 Å². The second-order valence-electron chi connectivity index (χ2n) is 3.80. The van der Waals surface area contributed by atoms with Crippen molar-refractivity contribution < 1.29 is 14.0 Å². The Morgan fingerprint density at radius 2 is 2.31 bits per heavy atom. The molecule has 1 heterocycles. The average molecular weight is 222 g/mol. The maximum absolute atomic E-state index is 13.4. The van der Waals surface area contributed by atoms with Crippen molar-refractivity contribution in [1.29, 1.82) is 0 Å². The zero-order chi connectivity index (χ0) is 11.7. The number of carbonyl (C=O) groups excluding carboxylic acids is 2. The molecule has 0 aliphatic carbocycles. The van der Waals surface area contributed by atoms with E-state index >= 15 is 0 Å². The molecule has 1 aliphatic heterocycles. The summed E-state index contributed by atoms with van der Waals surface area (Å²) in [6, 6.07) is 4.04. The minimum Gasteiger partial charge on any atom is -0.381 e. The second-order valence-corrected chi connectivity index (χ2v) is 3.80. The first-order valence-electron chi connectivity index (χ1n) is 4.94. The van der Waals surface area contributed by atoms with Crippen LogP contribution in [0.15, 0.2) is 18.2 Å². The summed E-state index contributed by atoms with van der Waals surface area (Å²) in [5, 5.41) is 2.94. The molecule has 1 aliphatic rings. The lowest BCUT2D eigenvalue weighted by atomic mass is 9.94. The zero-order valence-electron chi connectivity index (χ0n) is 8.50. The van der Waals surface area contributed by atoms with E-state index in [9.17, 15) is 14.0 Å². The molecule has 1 atom stereocenters. The molecule has 1 aromatic rings. The van der Waals surface area contributed by atoms with Crippen molar-refractivity contribution in [3.05, 3.63) is 29.6 Å². The molecule has 0 spiro atoms. The third kappa shape index (κ3) is 1.88. The number of anilines is 1. The van der Waals surface area contributed by atoms with Gasteiger partial charge in [0.05, 0.1) is 5.56 Å². The number of fused-ring (bicyclic) bond motifs is 1. The van der Waals surface area contributed by atoms with E-state index in [2.05, 4.69) is 5.32 Å². The smallest absolute Gasteiger partial charge is 0.219 e. The van der Waals surface area contributed by atoms with Gasteiger partial charge in [-0.1, -0.05) is 6.07 Å². The highest BCUT2D eigenvalue weighted by molar-refractivity contribution is 6.04. The van der Waals surface area contributed by atoms with Gasteiger partial charge in [-0.05, 0) is 12.1 Å². The van der Waals surface area contributed by atoms with Crippen LogP contribution in [0.2, 0.25) is 0 Å². The molecule has 1 amide bonds. The molecule has 1 aromatic carbocycles. The van der Waals surface area contributed by atoms with Gasteiger partial charge in [0.2, 0.25) is 5.91 Å². The Kier molecular flexibility index (Phi) is 2.60. The third-order valence-electron chi connectivity index (χ3n) is 2.53. The lowest BCUT2D eigenvalue weighted by molar-refractivity contribution is -0.118. The molecule has 0 saturated carbocycles. The summed E-state index contributed by atoms with van der Waals surface area (Å²) >= 11 is 0. The first-order valence-corrected chi connectivity index (χ1v) is 4.94. The number of primary amides is 1. The van der Waals surface area contributed by atoms with E-state index in [0.717, 1.165) is 0 Å². The molecule has 16 heavy (non-hydrogen) atoms. The van der Waals surface area contributed by atoms with E-state index in [1.165, 1.54) is 12.1 Å². The van der Waals surface area contributed by atoms with Crippen LogP contribution in [0.1, 0.15) is 23.2 Å². The molecule has 5 heteroatoms. The molecule has 0 fully saturated rings. The molecule has 0 bridgehead atoms. The summed E-state index contributed by atoms with van der Waals surface area (Å²) in [6.45, 7) is 0. The van der Waals surface area contributed by atoms with Crippen molar-refractivity contribution in [2.75, 3.05) is 5.32 Å². The van der Waals surface area contributed by atoms with Crippen molar-refractivity contribution in [3.63, 3.8) is 0 Å². The van der Waals surface area contributed by atoms with E-state index in [-0.39, 0.29) is 30.2 Å². The van der Waals surface area contributed by atoms with Crippen molar-refractivity contribution in [2.24, 2.45) is 5.73 Å². The number of carbonyl (C=O) groups is 2. The van der Waals surface area contributed by atoms with Crippen molar-refractivity contribution in [1.82, 2.24) is 0 Å². The first-order chi connectivity index (χ1) is 7.58. The number of amides is 1. The normalized spacial score (nSPS) is 18.8. The number of nitrogens with two attached hydrogens (primary N) is 1. The van der Waals surface area contributed by atoms with Crippen LogP contribution in [0.4, 0.5) is 10.1 Å². The molecule has 2 rings (SSSR count). The molecule has 0 saturated heterocycles. The number of rotatable bonds is 2. The van der Waals surface area contributed by atoms with Crippen molar-refractivity contribution in [2.45, 2.75) is 18.9 Å². The number of Topliss-reactive ketones (excluding diaryl/α,β-unsaturated/α-hetero) is 1. The monoisotopic (exact) mass is 222 g/mol. The van der Waals surface area contributed by atoms with Gasteiger partial charge in [-0.2, -0.15) is 0 Å². The maximum Gasteiger partial charge on any atom is 0.219 e. The topological polar surface area (TPSA) is 72.2 Å². The number of hydrogen-bond donors (Lipinski definition) is 2. The molecule has 84 valence electrons. The summed E-state index contributed by atoms with van der Waals surface area (Å²) in [7, 11) is 0. The first kappa shape index (κ1) is 10.6. The van der Waals surface area contributed by atoms with E-state index in [4.69, 9.17) is 5.73 Å². The van der Waals surface area contributed by atoms with Crippen LogP contribution in [-0.4, -0.2) is 17.7 Å². The van der Waals surface area contributed by atoms with Crippen molar-refractivity contribution >= 4 is 17.4 Å². The highest BCUT2D eigenvalue weighted by Gasteiger charge is 2.27. The van der Waals surface area contributed by atoms with Gasteiger partial charge < -0.3 is 11.1 Å². The van der Waals surface area contributed by atoms with Crippen molar-refractivity contribution in [3.8, 4) is 0 Å². The average Bonchev–Trinajstić information content (AvgIpc) is 2.15. The minimum absolute atomic E-state index is 0.0711. The molecule has 1 unspecified atom stereocenters. The van der Waals surface area contributed by atoms with Gasteiger partial charge in [0.1, 0.15) is 5.82 Å². The summed E-state index contributed by atoms with van der Waals surface area (Å²) in [5.74, 6) is -1.31. The van der Waals surface area contributed by atoms with E-state index < -0.39 is 11.7 Å². The quantitative estimate of drug-likeness (QED) is 0.786. The zero-order valence-corrected chi connectivity index (χ0v) is 8.50. The number of ketones is 1. The van der Waals surface area contributed by atoms with Crippen LogP contribution in [0.25, 0.3) is 0 Å². The van der Waals surface area contributed by atoms with Gasteiger partial charge in [-0.3, -0.25) is 9.59 Å². The molecule has 0 aromatic heterocycles. The number of nitrogens with one attached hydrogen (secondary N) is 1. The summed E-state index contributed by atoms with van der Waals surface area (Å²) < 4.78 is 13.4. The summed E-state index contributed by atoms with van der Waals surface area (Å²) in [6.07, 6.45) is 0.165. The lowest BCUT2D eigenvalue weighted by Crippen LogP contribution is -2.33. The molecule has 3 N–H and O–H groups in total. The van der Waals surface area contributed by atoms with E-state index in [0.29, 0.717) is 5.69 Å². The fraction of sp³-hybridized carbons (Fsp3) is 0.273. The Labute approximate surface area is 91.6 Å². The molecular weight excluding hydrogens is 211 g/mol. The Morgan fingerprint density at radius 3 is 3.00 bits per heavy atom. The Bertz CT molecular complexity index is 459.